The summed E-state index contributed by atoms with van der Waals surface area (Å²) in [4.78, 5) is 12.8. The van der Waals surface area contributed by atoms with Gasteiger partial charge in [-0.25, -0.2) is 0 Å². The van der Waals surface area contributed by atoms with Gasteiger partial charge in [-0.15, -0.1) is 0 Å². The lowest BCUT2D eigenvalue weighted by Crippen LogP contribution is -2.40. The first-order valence-electron chi connectivity index (χ1n) is 8.95. The first-order valence-corrected chi connectivity index (χ1v) is 8.95. The Morgan fingerprint density at radius 1 is 0.815 bits per heavy atom. The smallest absolute Gasteiger partial charge is 0.374 e. The monoisotopic (exact) mass is 354 g/mol. The van der Waals surface area contributed by atoms with Crippen LogP contribution in [0.25, 0.3) is 10.9 Å². The van der Waals surface area contributed by atoms with Gasteiger partial charge < -0.3 is 4.74 Å². The second kappa shape index (κ2) is 7.42. The highest BCUT2D eigenvalue weighted by Crippen LogP contribution is 2.22. The molecule has 132 valence electrons. The van der Waals surface area contributed by atoms with Crippen LogP contribution >= 0.6 is 0 Å². The maximum absolute atomic E-state index is 12.8. The third-order valence-corrected chi connectivity index (χ3v) is 4.54. The summed E-state index contributed by atoms with van der Waals surface area (Å²) < 4.78 is 8.06. The summed E-state index contributed by atoms with van der Waals surface area (Å²) in [5.74, 6) is 1.43. The largest absolute Gasteiger partial charge is 0.405 e. The molecule has 0 unspecified atom stereocenters. The molecule has 0 fully saturated rings. The molecule has 0 aliphatic carbocycles. The minimum absolute atomic E-state index is 0.0470. The van der Waals surface area contributed by atoms with Crippen molar-refractivity contribution in [2.45, 2.75) is 13.5 Å². The van der Waals surface area contributed by atoms with Gasteiger partial charge in [0, 0.05) is 17.0 Å². The van der Waals surface area contributed by atoms with Crippen molar-refractivity contribution >= 4 is 16.7 Å². The number of hydrogen-bond donors (Lipinski definition) is 0. The topological polar surface area (TPSA) is 30.2 Å². The van der Waals surface area contributed by atoms with Crippen molar-refractivity contribution in [2.24, 2.45) is 0 Å². The SMILES string of the molecule is Cc1ccc(Oc2ccc3ccccc3[n+]2CC(=O)c2ccccc2)cc1. The van der Waals surface area contributed by atoms with Crippen molar-refractivity contribution in [1.29, 1.82) is 0 Å². The summed E-state index contributed by atoms with van der Waals surface area (Å²) in [6.45, 7) is 2.26. The number of benzene rings is 3. The fourth-order valence-electron chi connectivity index (χ4n) is 3.08. The molecule has 3 aromatic carbocycles. The van der Waals surface area contributed by atoms with E-state index >= 15 is 0 Å². The van der Waals surface area contributed by atoms with Crippen molar-refractivity contribution in [2.75, 3.05) is 0 Å². The molecule has 1 heterocycles. The Morgan fingerprint density at radius 3 is 2.30 bits per heavy atom. The number of aromatic nitrogens is 1. The maximum Gasteiger partial charge on any atom is 0.374 e. The minimum Gasteiger partial charge on any atom is -0.405 e. The van der Waals surface area contributed by atoms with Crippen LogP contribution in [-0.4, -0.2) is 5.78 Å². The van der Waals surface area contributed by atoms with Gasteiger partial charge in [-0.1, -0.05) is 60.2 Å². The molecular formula is C24H20NO2+. The molecule has 0 saturated heterocycles. The Kier molecular flexibility index (Phi) is 4.67. The predicted molar refractivity (Wildman–Crippen MR) is 106 cm³/mol. The third kappa shape index (κ3) is 3.72. The van der Waals surface area contributed by atoms with Gasteiger partial charge in [0.1, 0.15) is 5.75 Å². The number of pyridine rings is 1. The van der Waals surface area contributed by atoms with Crippen molar-refractivity contribution in [3.8, 4) is 11.6 Å². The average Bonchev–Trinajstić information content (AvgIpc) is 2.72. The summed E-state index contributed by atoms with van der Waals surface area (Å²) in [7, 11) is 0. The molecule has 3 heteroatoms. The molecule has 27 heavy (non-hydrogen) atoms. The zero-order chi connectivity index (χ0) is 18.6. The van der Waals surface area contributed by atoms with Crippen LogP contribution in [0.1, 0.15) is 15.9 Å². The van der Waals surface area contributed by atoms with Crippen LogP contribution in [0.2, 0.25) is 0 Å². The van der Waals surface area contributed by atoms with E-state index in [1.54, 1.807) is 0 Å². The number of para-hydroxylation sites is 1. The molecule has 4 rings (SSSR count). The number of fused-ring (bicyclic) bond motifs is 1. The van der Waals surface area contributed by atoms with Crippen LogP contribution in [0.15, 0.2) is 91.0 Å². The number of hydrogen-bond acceptors (Lipinski definition) is 2. The molecule has 0 aliphatic rings. The molecule has 0 spiro atoms. The highest BCUT2D eigenvalue weighted by Gasteiger charge is 2.22. The number of aryl methyl sites for hydroxylation is 1. The van der Waals surface area contributed by atoms with Crippen LogP contribution in [0.5, 0.6) is 11.6 Å². The number of nitrogens with zero attached hydrogens (tertiary/aromatic N) is 1. The van der Waals surface area contributed by atoms with Gasteiger partial charge in [-0.2, -0.15) is 4.57 Å². The molecular weight excluding hydrogens is 334 g/mol. The summed E-state index contributed by atoms with van der Waals surface area (Å²) in [6, 6.07) is 29.2. The Labute approximate surface area is 158 Å². The maximum atomic E-state index is 12.8. The lowest BCUT2D eigenvalue weighted by atomic mass is 10.1. The summed E-state index contributed by atoms with van der Waals surface area (Å²) in [5.41, 5.74) is 2.83. The van der Waals surface area contributed by atoms with E-state index in [9.17, 15) is 4.79 Å². The second-order valence-electron chi connectivity index (χ2n) is 6.52. The van der Waals surface area contributed by atoms with Gasteiger partial charge in [-0.3, -0.25) is 4.79 Å². The van der Waals surface area contributed by atoms with E-state index in [2.05, 4.69) is 0 Å². The van der Waals surface area contributed by atoms with E-state index in [1.807, 2.05) is 102 Å². The van der Waals surface area contributed by atoms with E-state index in [0.717, 1.165) is 16.7 Å². The van der Waals surface area contributed by atoms with Gasteiger partial charge in [0.15, 0.2) is 0 Å². The van der Waals surface area contributed by atoms with E-state index in [4.69, 9.17) is 4.74 Å². The minimum atomic E-state index is 0.0470. The molecule has 0 aliphatic heterocycles. The van der Waals surface area contributed by atoms with Crippen molar-refractivity contribution < 1.29 is 14.1 Å². The predicted octanol–water partition coefficient (Wildman–Crippen LogP) is 5.11. The standard InChI is InChI=1S/C24H20NO2/c1-18-11-14-21(15-12-18)27-24-16-13-19-7-5-6-10-22(19)25(24)17-23(26)20-8-3-2-4-9-20/h2-16H,17H2,1H3/q+1. The summed E-state index contributed by atoms with van der Waals surface area (Å²) in [5, 5.41) is 1.06. The van der Waals surface area contributed by atoms with Crippen molar-refractivity contribution in [1.82, 2.24) is 0 Å². The first kappa shape index (κ1) is 17.0. The number of carbonyl (C=O) groups excluding carboxylic acids is 1. The highest BCUT2D eigenvalue weighted by atomic mass is 16.5. The molecule has 0 N–H and O–H groups in total. The lowest BCUT2D eigenvalue weighted by molar-refractivity contribution is -0.661. The van der Waals surface area contributed by atoms with Crippen LogP contribution in [0, 0.1) is 6.92 Å². The normalized spacial score (nSPS) is 10.7. The van der Waals surface area contributed by atoms with E-state index in [0.29, 0.717) is 11.4 Å². The van der Waals surface area contributed by atoms with Gasteiger partial charge in [0.05, 0.1) is 6.07 Å². The quantitative estimate of drug-likeness (QED) is 0.368. The van der Waals surface area contributed by atoms with Gasteiger partial charge in [0.2, 0.25) is 17.8 Å². The number of Topliss-reactive ketones (excluding diaryl/α,β-unsaturated/α-hetero) is 1. The molecule has 4 aromatic rings. The number of ether oxygens (including phenoxy) is 1. The average molecular weight is 354 g/mol. The molecule has 0 atom stereocenters. The van der Waals surface area contributed by atoms with Crippen molar-refractivity contribution in [3.05, 3.63) is 102 Å². The molecule has 0 bridgehead atoms. The fourth-order valence-corrected chi connectivity index (χ4v) is 3.08. The van der Waals surface area contributed by atoms with E-state index in [1.165, 1.54) is 5.56 Å². The van der Waals surface area contributed by atoms with Crippen LogP contribution in [0.3, 0.4) is 0 Å². The van der Waals surface area contributed by atoms with Crippen LogP contribution < -0.4 is 9.30 Å². The van der Waals surface area contributed by atoms with Crippen LogP contribution in [0.4, 0.5) is 0 Å². The summed E-state index contributed by atoms with van der Waals surface area (Å²) >= 11 is 0. The molecule has 0 amide bonds. The number of carbonyl (C=O) groups is 1. The molecule has 1 aromatic heterocycles. The van der Waals surface area contributed by atoms with Gasteiger partial charge in [-0.05, 0) is 31.2 Å². The van der Waals surface area contributed by atoms with E-state index in [-0.39, 0.29) is 12.3 Å². The number of ketones is 1. The van der Waals surface area contributed by atoms with Gasteiger partial charge >= 0.3 is 5.88 Å². The van der Waals surface area contributed by atoms with Crippen LogP contribution in [-0.2, 0) is 6.54 Å². The Morgan fingerprint density at radius 2 is 1.52 bits per heavy atom. The van der Waals surface area contributed by atoms with Gasteiger partial charge in [0.25, 0.3) is 0 Å². The fraction of sp³-hybridized carbons (Fsp3) is 0.0833. The molecule has 0 radical (unpaired) electrons. The Bertz CT molecular complexity index is 1090. The lowest BCUT2D eigenvalue weighted by Gasteiger charge is -2.08. The Hall–Kier alpha value is -3.46. The first-order chi connectivity index (χ1) is 13.2. The second-order valence-corrected chi connectivity index (χ2v) is 6.52. The van der Waals surface area contributed by atoms with Crippen molar-refractivity contribution in [3.63, 3.8) is 0 Å². The molecule has 3 nitrogen and oxygen atoms in total. The molecule has 0 saturated carbocycles. The zero-order valence-electron chi connectivity index (χ0n) is 15.1. The third-order valence-electron chi connectivity index (χ3n) is 4.54. The number of rotatable bonds is 5. The zero-order valence-corrected chi connectivity index (χ0v) is 15.1. The highest BCUT2D eigenvalue weighted by molar-refractivity contribution is 5.95. The Balaban J connectivity index is 1.75. The van der Waals surface area contributed by atoms with E-state index < -0.39 is 0 Å². The summed E-state index contributed by atoms with van der Waals surface area (Å²) in [6.07, 6.45) is 0.